The lowest BCUT2D eigenvalue weighted by Gasteiger charge is -2.41. The summed E-state index contributed by atoms with van der Waals surface area (Å²) in [7, 11) is 4.36. The molecule has 4 aliphatic rings. The Morgan fingerprint density at radius 3 is 2.35 bits per heavy atom. The van der Waals surface area contributed by atoms with Crippen LogP contribution in [0.5, 0.6) is 0 Å². The minimum Gasteiger partial charge on any atom is -0.376 e. The van der Waals surface area contributed by atoms with Gasteiger partial charge in [-0.05, 0) is 107 Å². The largest absolute Gasteiger partial charge is 0.376 e. The van der Waals surface area contributed by atoms with Crippen molar-refractivity contribution in [2.45, 2.75) is 56.6 Å². The fourth-order valence-electron chi connectivity index (χ4n) is 6.06. The smallest absolute Gasteiger partial charge is 0.253 e. The summed E-state index contributed by atoms with van der Waals surface area (Å²) < 4.78 is 6.39. The van der Waals surface area contributed by atoms with Gasteiger partial charge < -0.3 is 19.9 Å². The van der Waals surface area contributed by atoms with Gasteiger partial charge >= 0.3 is 0 Å². The summed E-state index contributed by atoms with van der Waals surface area (Å²) in [5, 5.41) is 3.43. The van der Waals surface area contributed by atoms with E-state index in [0.717, 1.165) is 57.1 Å². The van der Waals surface area contributed by atoms with Crippen molar-refractivity contribution in [3.8, 4) is 0 Å². The van der Waals surface area contributed by atoms with E-state index in [1.54, 1.807) is 0 Å². The highest BCUT2D eigenvalue weighted by Crippen LogP contribution is 2.40. The lowest BCUT2D eigenvalue weighted by molar-refractivity contribution is -0.0493. The molecule has 31 heavy (non-hydrogen) atoms. The van der Waals surface area contributed by atoms with Crippen molar-refractivity contribution in [2.24, 2.45) is 17.8 Å². The van der Waals surface area contributed by atoms with Crippen LogP contribution in [0.15, 0.2) is 24.3 Å². The second kappa shape index (κ2) is 9.21. The first-order valence-electron chi connectivity index (χ1n) is 12.5. The molecular weight excluding hydrogens is 386 g/mol. The number of ether oxygens (including phenoxy) is 1. The zero-order valence-electron chi connectivity index (χ0n) is 19.3. The standard InChI is InChI=1S/C26H39N3O2/c1-28(2)24-13-22-15-29(16-23(22)14-25(24)31-17-18-3-4-18)26(30)21-7-5-19(6-8-21)20-9-11-27-12-10-20/h5-8,18,20,22-25,27H,3-4,9-17H2,1-2H3/t22-,23+,24-,25-/m1/s1. The molecule has 4 atom stereocenters. The van der Waals surface area contributed by atoms with Gasteiger partial charge in [0.2, 0.25) is 0 Å². The van der Waals surface area contributed by atoms with Gasteiger partial charge in [0, 0.05) is 31.3 Å². The molecule has 1 N–H and O–H groups in total. The SMILES string of the molecule is CN(C)[C@@H]1C[C@@H]2CN(C(=O)c3ccc(C4CCNCC4)cc3)C[C@@H]2C[C@H]1OCC1CC1. The maximum Gasteiger partial charge on any atom is 0.253 e. The van der Waals surface area contributed by atoms with E-state index in [-0.39, 0.29) is 5.91 Å². The number of likely N-dealkylation sites (N-methyl/N-ethyl adjacent to an activating group) is 1. The van der Waals surface area contributed by atoms with Crippen LogP contribution in [0, 0.1) is 17.8 Å². The first kappa shape index (κ1) is 21.4. The minimum atomic E-state index is 0.211. The number of hydrogen-bond acceptors (Lipinski definition) is 4. The molecule has 5 rings (SSSR count). The van der Waals surface area contributed by atoms with Crippen molar-refractivity contribution in [1.82, 2.24) is 15.1 Å². The van der Waals surface area contributed by atoms with Gasteiger partial charge in [-0.1, -0.05) is 12.1 Å². The Hall–Kier alpha value is -1.43. The summed E-state index contributed by atoms with van der Waals surface area (Å²) in [6.45, 7) is 4.92. The van der Waals surface area contributed by atoms with Crippen LogP contribution in [0.25, 0.3) is 0 Å². The number of carbonyl (C=O) groups is 1. The van der Waals surface area contributed by atoms with E-state index in [2.05, 4.69) is 53.5 Å². The van der Waals surface area contributed by atoms with Crippen molar-refractivity contribution in [2.75, 3.05) is 46.9 Å². The van der Waals surface area contributed by atoms with E-state index < -0.39 is 0 Å². The van der Waals surface area contributed by atoms with E-state index in [1.165, 1.54) is 31.2 Å². The Morgan fingerprint density at radius 1 is 1.03 bits per heavy atom. The summed E-state index contributed by atoms with van der Waals surface area (Å²) in [6, 6.07) is 8.98. The van der Waals surface area contributed by atoms with Crippen molar-refractivity contribution in [1.29, 1.82) is 0 Å². The van der Waals surface area contributed by atoms with Crippen LogP contribution in [-0.4, -0.2) is 74.7 Å². The molecule has 1 aromatic rings. The average Bonchev–Trinajstić information content (AvgIpc) is 3.54. The van der Waals surface area contributed by atoms with Gasteiger partial charge in [0.1, 0.15) is 0 Å². The number of fused-ring (bicyclic) bond motifs is 1. The number of carbonyl (C=O) groups excluding carboxylic acids is 1. The van der Waals surface area contributed by atoms with Gasteiger partial charge in [-0.25, -0.2) is 0 Å². The van der Waals surface area contributed by atoms with Crippen molar-refractivity contribution in [3.05, 3.63) is 35.4 Å². The van der Waals surface area contributed by atoms with Crippen molar-refractivity contribution < 1.29 is 9.53 Å². The van der Waals surface area contributed by atoms with Crippen molar-refractivity contribution >= 4 is 5.91 Å². The summed E-state index contributed by atoms with van der Waals surface area (Å²) in [4.78, 5) is 17.7. The van der Waals surface area contributed by atoms with Crippen LogP contribution in [-0.2, 0) is 4.74 Å². The van der Waals surface area contributed by atoms with Crippen LogP contribution < -0.4 is 5.32 Å². The molecule has 5 heteroatoms. The lowest BCUT2D eigenvalue weighted by atomic mass is 9.77. The van der Waals surface area contributed by atoms with Crippen LogP contribution >= 0.6 is 0 Å². The zero-order valence-corrected chi connectivity index (χ0v) is 19.3. The Balaban J connectivity index is 1.21. The number of benzene rings is 1. The third kappa shape index (κ3) is 4.84. The molecule has 170 valence electrons. The summed E-state index contributed by atoms with van der Waals surface area (Å²) in [5.41, 5.74) is 2.24. The third-order valence-corrected chi connectivity index (χ3v) is 8.25. The minimum absolute atomic E-state index is 0.211. The summed E-state index contributed by atoms with van der Waals surface area (Å²) in [6.07, 6.45) is 7.62. The number of piperidine rings is 1. The molecule has 0 radical (unpaired) electrons. The Bertz CT molecular complexity index is 754. The maximum atomic E-state index is 13.3. The molecular formula is C26H39N3O2. The van der Waals surface area contributed by atoms with Crippen LogP contribution in [0.1, 0.15) is 60.4 Å². The van der Waals surface area contributed by atoms with Crippen molar-refractivity contribution in [3.63, 3.8) is 0 Å². The van der Waals surface area contributed by atoms with E-state index in [4.69, 9.17) is 4.74 Å². The molecule has 0 aromatic heterocycles. The fraction of sp³-hybridized carbons (Fsp3) is 0.731. The average molecular weight is 426 g/mol. The highest BCUT2D eigenvalue weighted by Gasteiger charge is 2.45. The molecule has 2 saturated heterocycles. The normalized spacial score (nSPS) is 31.8. The van der Waals surface area contributed by atoms with Gasteiger partial charge in [0.05, 0.1) is 6.10 Å². The van der Waals surface area contributed by atoms with E-state index in [9.17, 15) is 4.79 Å². The first-order valence-corrected chi connectivity index (χ1v) is 12.5. The summed E-state index contributed by atoms with van der Waals surface area (Å²) >= 11 is 0. The molecule has 1 amide bonds. The Labute approximate surface area is 187 Å². The molecule has 2 saturated carbocycles. The Morgan fingerprint density at radius 2 is 1.71 bits per heavy atom. The number of likely N-dealkylation sites (tertiary alicyclic amines) is 1. The molecule has 4 fully saturated rings. The monoisotopic (exact) mass is 425 g/mol. The highest BCUT2D eigenvalue weighted by atomic mass is 16.5. The first-order chi connectivity index (χ1) is 15.1. The number of hydrogen-bond donors (Lipinski definition) is 1. The molecule has 0 spiro atoms. The number of amides is 1. The predicted octanol–water partition coefficient (Wildman–Crippen LogP) is 3.36. The zero-order chi connectivity index (χ0) is 21.4. The third-order valence-electron chi connectivity index (χ3n) is 8.25. The second-order valence-corrected chi connectivity index (χ2v) is 10.7. The van der Waals surface area contributed by atoms with Gasteiger partial charge in [0.25, 0.3) is 5.91 Å². The van der Waals surface area contributed by atoms with E-state index in [0.29, 0.717) is 29.9 Å². The summed E-state index contributed by atoms with van der Waals surface area (Å²) in [5.74, 6) is 2.83. The topological polar surface area (TPSA) is 44.8 Å². The molecule has 2 heterocycles. The molecule has 2 aliphatic carbocycles. The van der Waals surface area contributed by atoms with Crippen LogP contribution in [0.2, 0.25) is 0 Å². The van der Waals surface area contributed by atoms with Gasteiger partial charge in [-0.2, -0.15) is 0 Å². The van der Waals surface area contributed by atoms with Crippen LogP contribution in [0.4, 0.5) is 0 Å². The molecule has 0 bridgehead atoms. The molecule has 2 aliphatic heterocycles. The number of rotatable bonds is 6. The molecule has 0 unspecified atom stereocenters. The van der Waals surface area contributed by atoms with E-state index in [1.807, 2.05) is 0 Å². The highest BCUT2D eigenvalue weighted by molar-refractivity contribution is 5.94. The number of nitrogens with zero attached hydrogens (tertiary/aromatic N) is 2. The predicted molar refractivity (Wildman–Crippen MR) is 123 cm³/mol. The Kier molecular flexibility index (Phi) is 6.36. The van der Waals surface area contributed by atoms with Crippen LogP contribution in [0.3, 0.4) is 0 Å². The van der Waals surface area contributed by atoms with E-state index >= 15 is 0 Å². The lowest BCUT2D eigenvalue weighted by Crippen LogP contribution is -2.48. The van der Waals surface area contributed by atoms with Gasteiger partial charge in [-0.15, -0.1) is 0 Å². The van der Waals surface area contributed by atoms with Gasteiger partial charge in [-0.3, -0.25) is 4.79 Å². The second-order valence-electron chi connectivity index (χ2n) is 10.7. The fourth-order valence-corrected chi connectivity index (χ4v) is 6.06. The quantitative estimate of drug-likeness (QED) is 0.759. The maximum absolute atomic E-state index is 13.3. The molecule has 1 aromatic carbocycles. The number of nitrogens with one attached hydrogen (secondary N) is 1. The molecule has 5 nitrogen and oxygen atoms in total. The van der Waals surface area contributed by atoms with Gasteiger partial charge in [0.15, 0.2) is 0 Å².